The highest BCUT2D eigenvalue weighted by Crippen LogP contribution is 2.18. The van der Waals surface area contributed by atoms with E-state index in [9.17, 15) is 9.18 Å². The Hall–Kier alpha value is -2.99. The average Bonchev–Trinajstić information content (AvgIpc) is 2.56. The molecule has 0 saturated carbocycles. The van der Waals surface area contributed by atoms with Crippen molar-refractivity contribution in [3.63, 3.8) is 0 Å². The highest BCUT2D eigenvalue weighted by molar-refractivity contribution is 6.30. The lowest BCUT2D eigenvalue weighted by atomic mass is 10.3. The molecule has 1 amide bonds. The topological polar surface area (TPSA) is 66.9 Å². The molecule has 0 aliphatic rings. The number of carbonyl (C=O) groups is 1. The summed E-state index contributed by atoms with van der Waals surface area (Å²) in [6.45, 7) is 1.69. The number of hydrogen-bond acceptors (Lipinski definition) is 4. The maximum absolute atomic E-state index is 13.0. The lowest BCUT2D eigenvalue weighted by molar-refractivity contribution is 0.102. The van der Waals surface area contributed by atoms with Crippen LogP contribution in [0.4, 0.5) is 21.6 Å². The van der Waals surface area contributed by atoms with Crippen LogP contribution in [0.3, 0.4) is 0 Å². The lowest BCUT2D eigenvalue weighted by Crippen LogP contribution is -2.15. The minimum Gasteiger partial charge on any atom is -0.340 e. The van der Waals surface area contributed by atoms with Crippen LogP contribution in [0.2, 0.25) is 5.02 Å². The SMILES string of the molecule is Cc1nc(Nc2ccc(F)cc2)cc(C(=O)Nc2cccc(Cl)c2)n1. The zero-order valence-electron chi connectivity index (χ0n) is 13.3. The molecule has 0 unspecified atom stereocenters. The van der Waals surface area contributed by atoms with E-state index < -0.39 is 0 Å². The number of nitrogens with zero attached hydrogens (tertiary/aromatic N) is 2. The molecule has 0 fully saturated rings. The number of aromatic nitrogens is 2. The first-order chi connectivity index (χ1) is 12.0. The molecule has 0 bridgehead atoms. The summed E-state index contributed by atoms with van der Waals surface area (Å²) in [5.41, 5.74) is 1.43. The van der Waals surface area contributed by atoms with E-state index >= 15 is 0 Å². The van der Waals surface area contributed by atoms with Crippen molar-refractivity contribution in [2.45, 2.75) is 6.92 Å². The van der Waals surface area contributed by atoms with Gasteiger partial charge in [0.05, 0.1) is 0 Å². The zero-order valence-corrected chi connectivity index (χ0v) is 14.0. The quantitative estimate of drug-likeness (QED) is 0.718. The largest absolute Gasteiger partial charge is 0.340 e. The molecule has 1 aromatic heterocycles. The Kier molecular flexibility index (Phi) is 4.90. The van der Waals surface area contributed by atoms with Crippen molar-refractivity contribution in [1.82, 2.24) is 9.97 Å². The van der Waals surface area contributed by atoms with Gasteiger partial charge in [-0.15, -0.1) is 0 Å². The van der Waals surface area contributed by atoms with Gasteiger partial charge in [-0.2, -0.15) is 0 Å². The van der Waals surface area contributed by atoms with Gasteiger partial charge < -0.3 is 10.6 Å². The second-order valence-electron chi connectivity index (χ2n) is 5.28. The molecule has 0 saturated heterocycles. The summed E-state index contributed by atoms with van der Waals surface area (Å²) in [6, 6.07) is 14.2. The van der Waals surface area contributed by atoms with Gasteiger partial charge in [0.15, 0.2) is 0 Å². The number of benzene rings is 2. The third kappa shape index (κ3) is 4.51. The number of nitrogens with one attached hydrogen (secondary N) is 2. The fraction of sp³-hybridized carbons (Fsp3) is 0.0556. The van der Waals surface area contributed by atoms with E-state index in [1.807, 2.05) is 0 Å². The Morgan fingerprint density at radius 1 is 1.04 bits per heavy atom. The Bertz CT molecular complexity index is 915. The van der Waals surface area contributed by atoms with Crippen LogP contribution in [-0.2, 0) is 0 Å². The zero-order chi connectivity index (χ0) is 17.8. The van der Waals surface area contributed by atoms with E-state index in [4.69, 9.17) is 11.6 Å². The Labute approximate surface area is 148 Å². The van der Waals surface area contributed by atoms with Gasteiger partial charge in [0.2, 0.25) is 0 Å². The maximum atomic E-state index is 13.0. The van der Waals surface area contributed by atoms with Crippen molar-refractivity contribution in [2.24, 2.45) is 0 Å². The van der Waals surface area contributed by atoms with Gasteiger partial charge in [-0.3, -0.25) is 4.79 Å². The predicted molar refractivity (Wildman–Crippen MR) is 95.9 cm³/mol. The molecule has 2 N–H and O–H groups in total. The van der Waals surface area contributed by atoms with Gasteiger partial charge in [-0.1, -0.05) is 17.7 Å². The number of amides is 1. The molecule has 25 heavy (non-hydrogen) atoms. The number of carbonyl (C=O) groups excluding carboxylic acids is 1. The van der Waals surface area contributed by atoms with Crippen LogP contribution in [0.5, 0.6) is 0 Å². The highest BCUT2D eigenvalue weighted by Gasteiger charge is 2.11. The van der Waals surface area contributed by atoms with Crippen LogP contribution >= 0.6 is 11.6 Å². The van der Waals surface area contributed by atoms with Crippen LogP contribution in [0.1, 0.15) is 16.3 Å². The minimum atomic E-state index is -0.380. The summed E-state index contributed by atoms with van der Waals surface area (Å²) in [7, 11) is 0. The number of aryl methyl sites for hydroxylation is 1. The number of rotatable bonds is 4. The maximum Gasteiger partial charge on any atom is 0.274 e. The van der Waals surface area contributed by atoms with Gasteiger partial charge in [0, 0.05) is 22.5 Å². The summed E-state index contributed by atoms with van der Waals surface area (Å²) in [4.78, 5) is 20.8. The van der Waals surface area contributed by atoms with Crippen LogP contribution in [0, 0.1) is 12.7 Å². The molecule has 126 valence electrons. The summed E-state index contributed by atoms with van der Waals surface area (Å²) in [5, 5.41) is 6.28. The molecule has 0 spiro atoms. The number of hydrogen-bond donors (Lipinski definition) is 2. The molecule has 3 rings (SSSR count). The molecule has 0 aliphatic heterocycles. The van der Waals surface area contributed by atoms with E-state index in [2.05, 4.69) is 20.6 Å². The van der Waals surface area contributed by atoms with E-state index in [0.717, 1.165) is 0 Å². The van der Waals surface area contributed by atoms with Crippen molar-refractivity contribution in [3.05, 3.63) is 77.0 Å². The van der Waals surface area contributed by atoms with Crippen LogP contribution in [0.25, 0.3) is 0 Å². The van der Waals surface area contributed by atoms with E-state index in [1.54, 1.807) is 43.3 Å². The van der Waals surface area contributed by atoms with Crippen LogP contribution < -0.4 is 10.6 Å². The Morgan fingerprint density at radius 3 is 2.52 bits per heavy atom. The second-order valence-corrected chi connectivity index (χ2v) is 5.72. The minimum absolute atomic E-state index is 0.206. The van der Waals surface area contributed by atoms with Crippen molar-refractivity contribution in [1.29, 1.82) is 0 Å². The van der Waals surface area contributed by atoms with Crippen molar-refractivity contribution in [2.75, 3.05) is 10.6 Å². The third-order valence-corrected chi connectivity index (χ3v) is 3.50. The van der Waals surface area contributed by atoms with E-state index in [0.29, 0.717) is 28.0 Å². The normalized spacial score (nSPS) is 10.4. The molecule has 2 aromatic carbocycles. The Morgan fingerprint density at radius 2 is 1.80 bits per heavy atom. The molecule has 3 aromatic rings. The van der Waals surface area contributed by atoms with Crippen LogP contribution in [-0.4, -0.2) is 15.9 Å². The van der Waals surface area contributed by atoms with E-state index in [1.165, 1.54) is 18.2 Å². The van der Waals surface area contributed by atoms with Crippen molar-refractivity contribution < 1.29 is 9.18 Å². The molecule has 0 aliphatic carbocycles. The fourth-order valence-electron chi connectivity index (χ4n) is 2.19. The van der Waals surface area contributed by atoms with E-state index in [-0.39, 0.29) is 17.4 Å². The monoisotopic (exact) mass is 356 g/mol. The molecular formula is C18H14ClFN4O. The molecule has 5 nitrogen and oxygen atoms in total. The predicted octanol–water partition coefficient (Wildman–Crippen LogP) is 4.57. The van der Waals surface area contributed by atoms with Gasteiger partial charge >= 0.3 is 0 Å². The van der Waals surface area contributed by atoms with Gasteiger partial charge in [0.25, 0.3) is 5.91 Å². The molecular weight excluding hydrogens is 343 g/mol. The van der Waals surface area contributed by atoms with Gasteiger partial charge in [-0.25, -0.2) is 14.4 Å². The van der Waals surface area contributed by atoms with Gasteiger partial charge in [-0.05, 0) is 49.4 Å². The molecule has 1 heterocycles. The third-order valence-electron chi connectivity index (χ3n) is 3.27. The smallest absolute Gasteiger partial charge is 0.274 e. The Balaban J connectivity index is 1.80. The fourth-order valence-corrected chi connectivity index (χ4v) is 2.38. The van der Waals surface area contributed by atoms with Crippen molar-refractivity contribution in [3.8, 4) is 0 Å². The highest BCUT2D eigenvalue weighted by atomic mass is 35.5. The van der Waals surface area contributed by atoms with Crippen molar-refractivity contribution >= 4 is 34.7 Å². The molecule has 0 radical (unpaired) electrons. The lowest BCUT2D eigenvalue weighted by Gasteiger charge is -2.09. The first-order valence-electron chi connectivity index (χ1n) is 7.45. The number of anilines is 3. The van der Waals surface area contributed by atoms with Gasteiger partial charge in [0.1, 0.15) is 23.2 Å². The standard InChI is InChI=1S/C18H14ClFN4O/c1-11-21-16(18(25)24-15-4-2-3-12(19)9-15)10-17(22-11)23-14-7-5-13(20)6-8-14/h2-10H,1H3,(H,24,25)(H,21,22,23). The summed E-state index contributed by atoms with van der Waals surface area (Å²) in [5.74, 6) is 0.166. The first-order valence-corrected chi connectivity index (χ1v) is 7.82. The molecule has 7 heteroatoms. The first kappa shape index (κ1) is 16.9. The molecule has 0 atom stereocenters. The summed E-state index contributed by atoms with van der Waals surface area (Å²) < 4.78 is 13.0. The summed E-state index contributed by atoms with van der Waals surface area (Å²) >= 11 is 5.91. The summed E-state index contributed by atoms with van der Waals surface area (Å²) in [6.07, 6.45) is 0. The average molecular weight is 357 g/mol. The second kappa shape index (κ2) is 7.27. The van der Waals surface area contributed by atoms with Crippen LogP contribution in [0.15, 0.2) is 54.6 Å². The number of halogens is 2.